The van der Waals surface area contributed by atoms with E-state index < -0.39 is 0 Å². The van der Waals surface area contributed by atoms with Gasteiger partial charge in [-0.05, 0) is 37.4 Å². The Morgan fingerprint density at radius 1 is 1.09 bits per heavy atom. The molecule has 0 radical (unpaired) electrons. The van der Waals surface area contributed by atoms with Gasteiger partial charge in [0.1, 0.15) is 0 Å². The molecule has 2 aromatic rings. The van der Waals surface area contributed by atoms with E-state index >= 15 is 0 Å². The molecular formula is C19H26N4. The van der Waals surface area contributed by atoms with Crippen LogP contribution in [-0.2, 0) is 6.54 Å². The highest BCUT2D eigenvalue weighted by atomic mass is 15.2. The number of nitrogens with one attached hydrogen (secondary N) is 1. The van der Waals surface area contributed by atoms with E-state index in [-0.39, 0.29) is 6.04 Å². The Labute approximate surface area is 139 Å². The first kappa shape index (κ1) is 16.1. The van der Waals surface area contributed by atoms with E-state index in [0.29, 0.717) is 0 Å². The Balaban J connectivity index is 1.88. The van der Waals surface area contributed by atoms with Gasteiger partial charge in [0.25, 0.3) is 0 Å². The Bertz CT molecular complexity index is 589. The maximum absolute atomic E-state index is 4.63. The van der Waals surface area contributed by atoms with Crippen molar-refractivity contribution in [2.24, 2.45) is 0 Å². The summed E-state index contributed by atoms with van der Waals surface area (Å²) in [5.41, 5.74) is 3.81. The third-order valence-electron chi connectivity index (χ3n) is 4.28. The van der Waals surface area contributed by atoms with E-state index in [2.05, 4.69) is 70.6 Å². The van der Waals surface area contributed by atoms with Crippen LogP contribution in [0.3, 0.4) is 0 Å². The van der Waals surface area contributed by atoms with E-state index in [1.165, 1.54) is 11.1 Å². The number of aromatic nitrogens is 1. The zero-order valence-electron chi connectivity index (χ0n) is 14.1. The average Bonchev–Trinajstić information content (AvgIpc) is 2.58. The van der Waals surface area contributed by atoms with Gasteiger partial charge in [0.15, 0.2) is 0 Å². The number of hydrogen-bond acceptors (Lipinski definition) is 4. The molecule has 0 spiro atoms. The molecule has 4 heteroatoms. The van der Waals surface area contributed by atoms with Crippen LogP contribution in [0.5, 0.6) is 0 Å². The summed E-state index contributed by atoms with van der Waals surface area (Å²) in [5.74, 6) is 0. The fourth-order valence-electron chi connectivity index (χ4n) is 3.22. The number of benzene rings is 1. The first-order valence-corrected chi connectivity index (χ1v) is 8.33. The lowest BCUT2D eigenvalue weighted by Crippen LogP contribution is -2.45. The molecule has 23 heavy (non-hydrogen) atoms. The van der Waals surface area contributed by atoms with Crippen LogP contribution < -0.4 is 5.32 Å². The SMILES string of the molecule is CN(C)Cc1ccc(C(c2ccccn2)N2CCNCC2)cc1. The molecule has 1 aliphatic heterocycles. The van der Waals surface area contributed by atoms with Crippen LogP contribution in [0.1, 0.15) is 22.9 Å². The Morgan fingerprint density at radius 2 is 1.83 bits per heavy atom. The third kappa shape index (κ3) is 4.16. The maximum atomic E-state index is 4.63. The molecular weight excluding hydrogens is 284 g/mol. The van der Waals surface area contributed by atoms with Crippen LogP contribution in [0, 0.1) is 0 Å². The minimum absolute atomic E-state index is 0.242. The minimum Gasteiger partial charge on any atom is -0.314 e. The molecule has 4 nitrogen and oxygen atoms in total. The van der Waals surface area contributed by atoms with Gasteiger partial charge >= 0.3 is 0 Å². The van der Waals surface area contributed by atoms with Crippen molar-refractivity contribution >= 4 is 0 Å². The fourth-order valence-corrected chi connectivity index (χ4v) is 3.22. The van der Waals surface area contributed by atoms with Crippen LogP contribution in [-0.4, -0.2) is 55.1 Å². The Kier molecular flexibility index (Phi) is 5.39. The summed E-state index contributed by atoms with van der Waals surface area (Å²) in [5, 5.41) is 3.44. The van der Waals surface area contributed by atoms with E-state index in [1.54, 1.807) is 0 Å². The first-order chi connectivity index (χ1) is 11.2. The van der Waals surface area contributed by atoms with Gasteiger partial charge in [0.2, 0.25) is 0 Å². The Morgan fingerprint density at radius 3 is 2.43 bits per heavy atom. The van der Waals surface area contributed by atoms with E-state index in [4.69, 9.17) is 0 Å². The maximum Gasteiger partial charge on any atom is 0.0777 e. The van der Waals surface area contributed by atoms with Crippen molar-refractivity contribution in [3.63, 3.8) is 0 Å². The molecule has 0 amide bonds. The molecule has 1 aromatic carbocycles. The van der Waals surface area contributed by atoms with Crippen molar-refractivity contribution in [1.82, 2.24) is 20.1 Å². The first-order valence-electron chi connectivity index (χ1n) is 8.33. The third-order valence-corrected chi connectivity index (χ3v) is 4.28. The number of piperazine rings is 1. The number of rotatable bonds is 5. The van der Waals surface area contributed by atoms with Gasteiger partial charge in [-0.1, -0.05) is 30.3 Å². The van der Waals surface area contributed by atoms with Crippen LogP contribution in [0.2, 0.25) is 0 Å². The minimum atomic E-state index is 0.242. The summed E-state index contributed by atoms with van der Waals surface area (Å²) in [6, 6.07) is 15.5. The second-order valence-corrected chi connectivity index (χ2v) is 6.42. The Hall–Kier alpha value is -1.75. The average molecular weight is 310 g/mol. The summed E-state index contributed by atoms with van der Waals surface area (Å²) in [7, 11) is 4.21. The van der Waals surface area contributed by atoms with Gasteiger partial charge in [0.05, 0.1) is 11.7 Å². The summed E-state index contributed by atoms with van der Waals surface area (Å²) < 4.78 is 0. The predicted molar refractivity (Wildman–Crippen MR) is 94.4 cm³/mol. The molecule has 1 aromatic heterocycles. The van der Waals surface area contributed by atoms with Gasteiger partial charge in [0, 0.05) is 38.9 Å². The van der Waals surface area contributed by atoms with Crippen LogP contribution in [0.25, 0.3) is 0 Å². The molecule has 3 rings (SSSR count). The molecule has 0 aliphatic carbocycles. The summed E-state index contributed by atoms with van der Waals surface area (Å²) in [4.78, 5) is 9.35. The van der Waals surface area contributed by atoms with Crippen molar-refractivity contribution in [3.05, 3.63) is 65.5 Å². The summed E-state index contributed by atoms with van der Waals surface area (Å²) >= 11 is 0. The summed E-state index contributed by atoms with van der Waals surface area (Å²) in [6.07, 6.45) is 1.89. The molecule has 2 heterocycles. The zero-order valence-corrected chi connectivity index (χ0v) is 14.1. The smallest absolute Gasteiger partial charge is 0.0777 e. The number of hydrogen-bond donors (Lipinski definition) is 1. The summed E-state index contributed by atoms with van der Waals surface area (Å²) in [6.45, 7) is 5.17. The largest absolute Gasteiger partial charge is 0.314 e. The van der Waals surface area contributed by atoms with Gasteiger partial charge in [-0.15, -0.1) is 0 Å². The molecule has 122 valence electrons. The van der Waals surface area contributed by atoms with Crippen LogP contribution in [0.15, 0.2) is 48.7 Å². The van der Waals surface area contributed by atoms with E-state index in [9.17, 15) is 0 Å². The van der Waals surface area contributed by atoms with Gasteiger partial charge < -0.3 is 10.2 Å². The zero-order chi connectivity index (χ0) is 16.1. The van der Waals surface area contributed by atoms with Gasteiger partial charge in [-0.2, -0.15) is 0 Å². The standard InChI is InChI=1S/C19H26N4/c1-22(2)15-16-6-8-17(9-7-16)19(18-5-3-4-10-21-18)23-13-11-20-12-14-23/h3-10,19-20H,11-15H2,1-2H3. The normalized spacial score (nSPS) is 17.3. The fraction of sp³-hybridized carbons (Fsp3) is 0.421. The highest BCUT2D eigenvalue weighted by molar-refractivity contribution is 5.31. The van der Waals surface area contributed by atoms with Gasteiger partial charge in [-0.3, -0.25) is 9.88 Å². The van der Waals surface area contributed by atoms with Crippen LogP contribution in [0.4, 0.5) is 0 Å². The van der Waals surface area contributed by atoms with Crippen molar-refractivity contribution in [3.8, 4) is 0 Å². The molecule has 1 aliphatic rings. The quantitative estimate of drug-likeness (QED) is 0.917. The molecule has 1 N–H and O–H groups in total. The van der Waals surface area contributed by atoms with E-state index in [0.717, 1.165) is 38.4 Å². The second kappa shape index (κ2) is 7.68. The van der Waals surface area contributed by atoms with Crippen molar-refractivity contribution < 1.29 is 0 Å². The molecule has 1 atom stereocenters. The predicted octanol–water partition coefficient (Wildman–Crippen LogP) is 2.14. The highest BCUT2D eigenvalue weighted by Gasteiger charge is 2.24. The van der Waals surface area contributed by atoms with Crippen molar-refractivity contribution in [1.29, 1.82) is 0 Å². The monoisotopic (exact) mass is 310 g/mol. The molecule has 1 unspecified atom stereocenters. The molecule has 0 saturated carbocycles. The molecule has 0 bridgehead atoms. The lowest BCUT2D eigenvalue weighted by molar-refractivity contribution is 0.195. The number of nitrogens with zero attached hydrogens (tertiary/aromatic N) is 3. The van der Waals surface area contributed by atoms with E-state index in [1.807, 2.05) is 12.3 Å². The topological polar surface area (TPSA) is 31.4 Å². The lowest BCUT2D eigenvalue weighted by Gasteiger charge is -2.35. The number of pyridine rings is 1. The molecule has 1 saturated heterocycles. The van der Waals surface area contributed by atoms with Crippen molar-refractivity contribution in [2.75, 3.05) is 40.3 Å². The highest BCUT2D eigenvalue weighted by Crippen LogP contribution is 2.27. The van der Waals surface area contributed by atoms with Gasteiger partial charge in [-0.25, -0.2) is 0 Å². The second-order valence-electron chi connectivity index (χ2n) is 6.42. The van der Waals surface area contributed by atoms with Crippen LogP contribution >= 0.6 is 0 Å². The van der Waals surface area contributed by atoms with Crippen molar-refractivity contribution in [2.45, 2.75) is 12.6 Å². The molecule has 1 fully saturated rings. The lowest BCUT2D eigenvalue weighted by atomic mass is 9.99.